The molecule has 0 saturated carbocycles. The summed E-state index contributed by atoms with van der Waals surface area (Å²) in [6, 6.07) is 8.77. The fourth-order valence-corrected chi connectivity index (χ4v) is 2.51. The predicted molar refractivity (Wildman–Crippen MR) is 83.0 cm³/mol. The molecular formula is C13H9N5O3S. The molecule has 3 aromatic rings. The second kappa shape index (κ2) is 5.37. The zero-order valence-electron chi connectivity index (χ0n) is 11.0. The summed E-state index contributed by atoms with van der Waals surface area (Å²) >= 11 is 1.07. The number of nitro groups is 1. The molecule has 3 rings (SSSR count). The number of aromatic hydroxyl groups is 1. The third-order valence-corrected chi connectivity index (χ3v) is 3.66. The Labute approximate surface area is 127 Å². The number of benzene rings is 2. The molecule has 3 N–H and O–H groups in total. The molecule has 0 unspecified atom stereocenters. The lowest BCUT2D eigenvalue weighted by atomic mass is 10.2. The minimum absolute atomic E-state index is 0.0454. The number of nitro benzene ring substituents is 1. The van der Waals surface area contributed by atoms with Gasteiger partial charge in [0.05, 0.1) is 10.4 Å². The minimum Gasteiger partial charge on any atom is -0.506 e. The van der Waals surface area contributed by atoms with E-state index < -0.39 is 4.92 Å². The van der Waals surface area contributed by atoms with Crippen LogP contribution in [-0.2, 0) is 0 Å². The van der Waals surface area contributed by atoms with Gasteiger partial charge in [0.15, 0.2) is 5.00 Å². The molecule has 0 bridgehead atoms. The van der Waals surface area contributed by atoms with Gasteiger partial charge in [0, 0.05) is 23.2 Å². The number of phenols is 1. The highest BCUT2D eigenvalue weighted by Crippen LogP contribution is 2.36. The zero-order valence-corrected chi connectivity index (χ0v) is 11.8. The summed E-state index contributed by atoms with van der Waals surface area (Å²) in [6.07, 6.45) is 0. The molecule has 22 heavy (non-hydrogen) atoms. The van der Waals surface area contributed by atoms with E-state index in [1.807, 2.05) is 0 Å². The Balaban J connectivity index is 2.03. The van der Waals surface area contributed by atoms with E-state index in [1.54, 1.807) is 12.1 Å². The number of anilines is 1. The molecule has 2 aromatic carbocycles. The highest BCUT2D eigenvalue weighted by molar-refractivity contribution is 7.11. The van der Waals surface area contributed by atoms with E-state index in [2.05, 4.69) is 14.6 Å². The van der Waals surface area contributed by atoms with Gasteiger partial charge >= 0.3 is 0 Å². The Morgan fingerprint density at radius 1 is 1.23 bits per heavy atom. The number of azo groups is 1. The number of phenolic OH excluding ortho intramolecular Hbond substituents is 1. The van der Waals surface area contributed by atoms with Gasteiger partial charge in [-0.15, -0.1) is 10.2 Å². The number of non-ortho nitro benzene ring substituents is 1. The summed E-state index contributed by atoms with van der Waals surface area (Å²) in [7, 11) is 0. The molecule has 110 valence electrons. The first-order valence-corrected chi connectivity index (χ1v) is 6.86. The maximum Gasteiger partial charge on any atom is 0.270 e. The van der Waals surface area contributed by atoms with Crippen LogP contribution in [-0.4, -0.2) is 14.4 Å². The molecule has 0 saturated heterocycles. The Hall–Kier alpha value is -3.07. The number of nitrogens with zero attached hydrogens (tertiary/aromatic N) is 4. The quantitative estimate of drug-likeness (QED) is 0.249. The van der Waals surface area contributed by atoms with Crippen molar-refractivity contribution < 1.29 is 10.0 Å². The van der Waals surface area contributed by atoms with Gasteiger partial charge in [-0.05, 0) is 35.8 Å². The van der Waals surface area contributed by atoms with Gasteiger partial charge in [-0.1, -0.05) is 0 Å². The zero-order chi connectivity index (χ0) is 15.7. The molecule has 9 heteroatoms. The maximum absolute atomic E-state index is 10.8. The average molecular weight is 315 g/mol. The van der Waals surface area contributed by atoms with Crippen LogP contribution in [0.3, 0.4) is 0 Å². The lowest BCUT2D eigenvalue weighted by Gasteiger charge is -1.98. The second-order valence-electron chi connectivity index (χ2n) is 4.39. The number of rotatable bonds is 3. The molecular weight excluding hydrogens is 306 g/mol. The van der Waals surface area contributed by atoms with E-state index in [0.717, 1.165) is 11.5 Å². The highest BCUT2D eigenvalue weighted by atomic mass is 32.1. The molecule has 0 radical (unpaired) electrons. The van der Waals surface area contributed by atoms with Crippen LogP contribution in [0.4, 0.5) is 22.1 Å². The Bertz CT molecular complexity index is 906. The van der Waals surface area contributed by atoms with Crippen molar-refractivity contribution in [3.05, 3.63) is 46.5 Å². The van der Waals surface area contributed by atoms with E-state index >= 15 is 0 Å². The fourth-order valence-electron chi connectivity index (χ4n) is 1.82. The van der Waals surface area contributed by atoms with Crippen molar-refractivity contribution in [2.45, 2.75) is 0 Å². The third-order valence-electron chi connectivity index (χ3n) is 2.90. The Kier molecular flexibility index (Phi) is 3.39. The van der Waals surface area contributed by atoms with Crippen LogP contribution in [0.1, 0.15) is 0 Å². The molecule has 0 spiro atoms. The van der Waals surface area contributed by atoms with Crippen LogP contribution in [0.5, 0.6) is 5.75 Å². The van der Waals surface area contributed by atoms with Gasteiger partial charge in [-0.3, -0.25) is 10.1 Å². The number of nitrogen functional groups attached to an aromatic ring is 1. The summed E-state index contributed by atoms with van der Waals surface area (Å²) in [6.45, 7) is 0. The monoisotopic (exact) mass is 315 g/mol. The van der Waals surface area contributed by atoms with Crippen LogP contribution < -0.4 is 5.73 Å². The predicted octanol–water partition coefficient (Wildman–Crippen LogP) is 3.91. The van der Waals surface area contributed by atoms with Crippen LogP contribution >= 0.6 is 11.5 Å². The van der Waals surface area contributed by atoms with Crippen LogP contribution in [0.2, 0.25) is 0 Å². The summed E-state index contributed by atoms with van der Waals surface area (Å²) in [5, 5.41) is 29.4. The Morgan fingerprint density at radius 3 is 2.82 bits per heavy atom. The minimum atomic E-state index is -0.484. The van der Waals surface area contributed by atoms with E-state index in [-0.39, 0.29) is 17.1 Å². The molecule has 1 heterocycles. The normalized spacial score (nSPS) is 11.3. The van der Waals surface area contributed by atoms with Crippen LogP contribution in [0.15, 0.2) is 46.6 Å². The van der Waals surface area contributed by atoms with Gasteiger partial charge in [-0.2, -0.15) is 4.37 Å². The first-order valence-electron chi connectivity index (χ1n) is 6.08. The molecule has 0 aliphatic rings. The Morgan fingerprint density at radius 2 is 2.05 bits per heavy atom. The van der Waals surface area contributed by atoms with Crippen molar-refractivity contribution in [3.63, 3.8) is 0 Å². The number of hydrogen-bond donors (Lipinski definition) is 2. The van der Waals surface area contributed by atoms with E-state index in [4.69, 9.17) is 5.73 Å². The van der Waals surface area contributed by atoms with Gasteiger partial charge in [-0.25, -0.2) is 0 Å². The number of hydrogen-bond acceptors (Lipinski definition) is 8. The van der Waals surface area contributed by atoms with Gasteiger partial charge in [0.2, 0.25) is 0 Å². The van der Waals surface area contributed by atoms with Crippen molar-refractivity contribution in [2.24, 2.45) is 10.2 Å². The van der Waals surface area contributed by atoms with Crippen LogP contribution in [0.25, 0.3) is 10.9 Å². The first-order chi connectivity index (χ1) is 10.5. The van der Waals surface area contributed by atoms with Gasteiger partial charge in [0.25, 0.3) is 5.69 Å². The maximum atomic E-state index is 10.8. The molecule has 0 fully saturated rings. The molecule has 1 aromatic heterocycles. The fraction of sp³-hybridized carbons (Fsp3) is 0. The van der Waals surface area contributed by atoms with Crippen molar-refractivity contribution >= 4 is 44.5 Å². The lowest BCUT2D eigenvalue weighted by molar-refractivity contribution is -0.384. The number of nitrogens with two attached hydrogens (primary N) is 1. The number of aromatic nitrogens is 1. The molecule has 8 nitrogen and oxygen atoms in total. The average Bonchev–Trinajstić information content (AvgIpc) is 2.90. The summed E-state index contributed by atoms with van der Waals surface area (Å²) in [5.74, 6) is -0.0576. The summed E-state index contributed by atoms with van der Waals surface area (Å²) < 4.78 is 4.15. The SMILES string of the molecule is Nc1ccc(O)c(N=Nc2snc3ccc([N+](=O)[O-])cc23)c1. The van der Waals surface area contributed by atoms with Crippen molar-refractivity contribution in [3.8, 4) is 5.75 Å². The standard InChI is InChI=1S/C13H9N5O3S/c14-7-1-4-12(19)11(5-7)15-16-13-9-6-8(18(20)21)2-3-10(9)17-22-13/h1-6,19H,14H2. The molecule has 0 aliphatic carbocycles. The van der Waals surface area contributed by atoms with E-state index in [9.17, 15) is 15.2 Å². The van der Waals surface area contributed by atoms with E-state index in [1.165, 1.54) is 24.3 Å². The largest absolute Gasteiger partial charge is 0.506 e. The summed E-state index contributed by atoms with van der Waals surface area (Å²) in [5.41, 5.74) is 6.83. The summed E-state index contributed by atoms with van der Waals surface area (Å²) in [4.78, 5) is 10.3. The van der Waals surface area contributed by atoms with Gasteiger partial charge in [0.1, 0.15) is 11.4 Å². The van der Waals surface area contributed by atoms with Crippen molar-refractivity contribution in [1.82, 2.24) is 4.37 Å². The number of fused-ring (bicyclic) bond motifs is 1. The molecule has 0 amide bonds. The first kappa shape index (κ1) is 13.9. The third kappa shape index (κ3) is 2.56. The highest BCUT2D eigenvalue weighted by Gasteiger charge is 2.12. The molecule has 0 aliphatic heterocycles. The smallest absolute Gasteiger partial charge is 0.270 e. The van der Waals surface area contributed by atoms with Crippen molar-refractivity contribution in [2.75, 3.05) is 5.73 Å². The van der Waals surface area contributed by atoms with Crippen LogP contribution in [0, 0.1) is 10.1 Å². The second-order valence-corrected chi connectivity index (χ2v) is 5.15. The lowest BCUT2D eigenvalue weighted by Crippen LogP contribution is -1.86. The van der Waals surface area contributed by atoms with Gasteiger partial charge < -0.3 is 10.8 Å². The van der Waals surface area contributed by atoms with Crippen molar-refractivity contribution in [1.29, 1.82) is 0 Å². The topological polar surface area (TPSA) is 127 Å². The molecule has 0 atom stereocenters. The van der Waals surface area contributed by atoms with E-state index in [0.29, 0.717) is 21.6 Å².